The predicted molar refractivity (Wildman–Crippen MR) is 65.5 cm³/mol. The molecule has 0 bridgehead atoms. The highest BCUT2D eigenvalue weighted by Crippen LogP contribution is 2.25. The van der Waals surface area contributed by atoms with Crippen LogP contribution >= 0.6 is 33.0 Å². The topological polar surface area (TPSA) is 46.5 Å². The molecular formula is C8H4Cl3F4NO2S. The lowest BCUT2D eigenvalue weighted by Gasteiger charge is -2.00. The Morgan fingerprint density at radius 3 is 1.89 bits per heavy atom. The summed E-state index contributed by atoms with van der Waals surface area (Å²) in [5.74, 6) is -6.85. The third kappa shape index (κ3) is 7.56. The fraction of sp³-hybridized carbons (Fsp3) is 0.125. The van der Waals surface area contributed by atoms with Gasteiger partial charge >= 0.3 is 8.26 Å². The first kappa shape index (κ1) is 18.4. The summed E-state index contributed by atoms with van der Waals surface area (Å²) in [6, 6.07) is 0.430. The fourth-order valence-electron chi connectivity index (χ4n) is 0.808. The lowest BCUT2D eigenvalue weighted by molar-refractivity contribution is 0.410. The molecule has 0 atom stereocenters. The van der Waals surface area contributed by atoms with Crippen molar-refractivity contribution in [1.29, 1.82) is 0 Å². The molecule has 0 saturated heterocycles. The van der Waals surface area contributed by atoms with Gasteiger partial charge < -0.3 is 0 Å². The minimum atomic E-state index is -3.72. The van der Waals surface area contributed by atoms with Gasteiger partial charge in [-0.15, -0.1) is 0 Å². The van der Waals surface area contributed by atoms with E-state index in [0.29, 0.717) is 6.07 Å². The summed E-state index contributed by atoms with van der Waals surface area (Å²) in [6.45, 7) is 1.29. The van der Waals surface area contributed by atoms with E-state index in [1.54, 1.807) is 0 Å². The molecule has 0 radical (unpaired) electrons. The van der Waals surface area contributed by atoms with Gasteiger partial charge in [-0.05, 0) is 6.92 Å². The Balaban J connectivity index is 0.000000555. The Hall–Kier alpha value is -0.570. The van der Waals surface area contributed by atoms with Crippen LogP contribution in [-0.2, 0) is 8.26 Å². The van der Waals surface area contributed by atoms with Gasteiger partial charge in [0.15, 0.2) is 23.3 Å². The minimum absolute atomic E-state index is 0.116. The Bertz CT molecular complexity index is 595. The van der Waals surface area contributed by atoms with Gasteiger partial charge in [-0.25, -0.2) is 22.6 Å². The predicted octanol–water partition coefficient (Wildman–Crippen LogP) is 4.24. The quantitative estimate of drug-likeness (QED) is 0.247. The largest absolute Gasteiger partial charge is 0.317 e. The molecule has 1 aromatic carbocycles. The Morgan fingerprint density at radius 1 is 1.11 bits per heavy atom. The molecular weight excluding hydrogens is 357 g/mol. The van der Waals surface area contributed by atoms with Crippen LogP contribution in [0.3, 0.4) is 0 Å². The van der Waals surface area contributed by atoms with Gasteiger partial charge in [-0.2, -0.15) is 8.42 Å². The highest BCUT2D eigenvalue weighted by molar-refractivity contribution is 8.31. The maximum Gasteiger partial charge on any atom is 0.317 e. The molecule has 0 amide bonds. The van der Waals surface area contributed by atoms with Crippen LogP contribution in [0.4, 0.5) is 23.2 Å². The van der Waals surface area contributed by atoms with Crippen molar-refractivity contribution in [3.8, 4) is 0 Å². The fourth-order valence-corrected chi connectivity index (χ4v) is 0.899. The van der Waals surface area contributed by atoms with Crippen LogP contribution < -0.4 is 0 Å². The number of nitrogens with zero attached hydrogens (tertiary/aromatic N) is 1. The van der Waals surface area contributed by atoms with Crippen LogP contribution in [0.1, 0.15) is 6.92 Å². The number of benzene rings is 1. The average Bonchev–Trinajstić information content (AvgIpc) is 2.20. The Labute approximate surface area is 119 Å². The SMILES string of the molecule is CC(Cl)=Nc1cc(F)c(F)c(F)c1F.O=S(=O)(Cl)Cl. The van der Waals surface area contributed by atoms with Gasteiger partial charge in [-0.1, -0.05) is 11.6 Å². The first-order valence-electron chi connectivity index (χ1n) is 4.11. The van der Waals surface area contributed by atoms with Crippen molar-refractivity contribution in [2.75, 3.05) is 0 Å². The van der Waals surface area contributed by atoms with Crippen molar-refractivity contribution in [2.24, 2.45) is 4.99 Å². The highest BCUT2D eigenvalue weighted by Gasteiger charge is 2.18. The molecule has 11 heteroatoms. The van der Waals surface area contributed by atoms with Crippen molar-refractivity contribution in [3.63, 3.8) is 0 Å². The van der Waals surface area contributed by atoms with E-state index >= 15 is 0 Å². The number of rotatable bonds is 1. The van der Waals surface area contributed by atoms with Crippen LogP contribution in [0.5, 0.6) is 0 Å². The molecule has 0 unspecified atom stereocenters. The smallest absolute Gasteiger partial charge is 0.238 e. The zero-order chi connectivity index (χ0) is 15.4. The first-order chi connectivity index (χ1) is 8.43. The minimum Gasteiger partial charge on any atom is -0.238 e. The zero-order valence-corrected chi connectivity index (χ0v) is 12.0. The summed E-state index contributed by atoms with van der Waals surface area (Å²) in [5, 5.41) is -0.116. The molecule has 0 fully saturated rings. The molecule has 0 aliphatic heterocycles. The second-order valence-corrected chi connectivity index (χ2v) is 7.02. The molecule has 108 valence electrons. The second kappa shape index (κ2) is 7.28. The van der Waals surface area contributed by atoms with E-state index in [1.807, 2.05) is 0 Å². The van der Waals surface area contributed by atoms with Gasteiger partial charge in [0, 0.05) is 27.4 Å². The lowest BCUT2D eigenvalue weighted by atomic mass is 10.2. The van der Waals surface area contributed by atoms with Crippen LogP contribution in [0.2, 0.25) is 0 Å². The van der Waals surface area contributed by atoms with E-state index < -0.39 is 37.2 Å². The summed E-state index contributed by atoms with van der Waals surface area (Å²) in [5.41, 5.74) is -0.672. The van der Waals surface area contributed by atoms with Crippen molar-refractivity contribution in [3.05, 3.63) is 29.3 Å². The summed E-state index contributed by atoms with van der Waals surface area (Å²) in [6.07, 6.45) is 0. The second-order valence-electron chi connectivity index (χ2n) is 2.81. The molecule has 0 aliphatic rings. The highest BCUT2D eigenvalue weighted by atomic mass is 36.0. The van der Waals surface area contributed by atoms with Crippen molar-refractivity contribution < 1.29 is 26.0 Å². The van der Waals surface area contributed by atoms with Crippen LogP contribution in [0.25, 0.3) is 0 Å². The van der Waals surface area contributed by atoms with E-state index in [0.717, 1.165) is 0 Å². The third-order valence-electron chi connectivity index (χ3n) is 1.36. The first-order valence-corrected chi connectivity index (χ1v) is 7.62. The molecule has 0 spiro atoms. The van der Waals surface area contributed by atoms with Gasteiger partial charge in [0.25, 0.3) is 0 Å². The van der Waals surface area contributed by atoms with E-state index in [4.69, 9.17) is 20.0 Å². The van der Waals surface area contributed by atoms with Gasteiger partial charge in [0.05, 0.1) is 0 Å². The molecule has 19 heavy (non-hydrogen) atoms. The number of hydrogen-bond donors (Lipinski definition) is 0. The summed E-state index contributed by atoms with van der Waals surface area (Å²) < 4.78 is 68.8. The van der Waals surface area contributed by atoms with Crippen molar-refractivity contribution >= 4 is 52.1 Å². The zero-order valence-electron chi connectivity index (χ0n) is 8.90. The number of halogens is 7. The van der Waals surface area contributed by atoms with Crippen LogP contribution in [-0.4, -0.2) is 13.6 Å². The molecule has 1 aromatic rings. The van der Waals surface area contributed by atoms with Gasteiger partial charge in [0.2, 0.25) is 0 Å². The Kier molecular flexibility index (Phi) is 7.06. The van der Waals surface area contributed by atoms with E-state index in [2.05, 4.69) is 26.4 Å². The summed E-state index contributed by atoms with van der Waals surface area (Å²) in [7, 11) is 4.81. The molecule has 0 aliphatic carbocycles. The average molecular weight is 361 g/mol. The lowest BCUT2D eigenvalue weighted by Crippen LogP contribution is -1.95. The standard InChI is InChI=1S/C8H4ClF4N.Cl2O2S/c1-3(9)14-5-2-4(10)6(11)8(13)7(5)12;1-5(2,3)4/h2H,1H3;. The monoisotopic (exact) mass is 359 g/mol. The van der Waals surface area contributed by atoms with Gasteiger partial charge in [0.1, 0.15) is 10.9 Å². The molecule has 0 heterocycles. The molecule has 0 saturated carbocycles. The maximum atomic E-state index is 12.9. The third-order valence-corrected chi connectivity index (χ3v) is 1.44. The van der Waals surface area contributed by atoms with Crippen LogP contribution in [0, 0.1) is 23.3 Å². The van der Waals surface area contributed by atoms with Gasteiger partial charge in [-0.3, -0.25) is 0 Å². The molecule has 0 N–H and O–H groups in total. The van der Waals surface area contributed by atoms with E-state index in [1.165, 1.54) is 6.92 Å². The summed E-state index contributed by atoms with van der Waals surface area (Å²) in [4.78, 5) is 3.28. The Morgan fingerprint density at radius 2 is 1.53 bits per heavy atom. The molecule has 3 nitrogen and oxygen atoms in total. The number of aliphatic imine (C=N–C) groups is 1. The van der Waals surface area contributed by atoms with Crippen molar-refractivity contribution in [1.82, 2.24) is 0 Å². The van der Waals surface area contributed by atoms with Crippen LogP contribution in [0.15, 0.2) is 11.1 Å². The van der Waals surface area contributed by atoms with E-state index in [9.17, 15) is 17.6 Å². The van der Waals surface area contributed by atoms with E-state index in [-0.39, 0.29) is 5.17 Å². The van der Waals surface area contributed by atoms with Crippen molar-refractivity contribution in [2.45, 2.75) is 6.92 Å². The summed E-state index contributed by atoms with van der Waals surface area (Å²) >= 11 is 5.27. The number of hydrogen-bond acceptors (Lipinski definition) is 3. The normalized spacial score (nSPS) is 11.9. The molecule has 0 aromatic heterocycles. The molecule has 1 rings (SSSR count). The maximum absolute atomic E-state index is 12.9.